The largest absolute Gasteiger partial charge is 0.492 e. The molecular weight excluding hydrogens is 366 g/mol. The topological polar surface area (TPSA) is 53.1 Å². The van der Waals surface area contributed by atoms with Crippen LogP contribution in [0.15, 0.2) is 61.2 Å². The molecule has 6 heteroatoms. The van der Waals surface area contributed by atoms with Crippen molar-refractivity contribution in [1.82, 2.24) is 14.7 Å². The van der Waals surface area contributed by atoms with Gasteiger partial charge in [0.2, 0.25) is 5.91 Å². The lowest BCUT2D eigenvalue weighted by molar-refractivity contribution is -0.133. The summed E-state index contributed by atoms with van der Waals surface area (Å²) in [4.78, 5) is 31.0. The van der Waals surface area contributed by atoms with Crippen LogP contribution >= 0.6 is 0 Å². The zero-order valence-corrected chi connectivity index (χ0v) is 16.4. The van der Waals surface area contributed by atoms with Gasteiger partial charge in [0.1, 0.15) is 18.9 Å². The van der Waals surface area contributed by atoms with Gasteiger partial charge >= 0.3 is 0 Å². The number of piperazine rings is 1. The summed E-state index contributed by atoms with van der Waals surface area (Å²) in [6.07, 6.45) is 0. The van der Waals surface area contributed by atoms with Gasteiger partial charge in [-0.15, -0.1) is 0 Å². The Morgan fingerprint density at radius 2 is 1.59 bits per heavy atom. The molecule has 1 fully saturated rings. The zero-order chi connectivity index (χ0) is 20.2. The van der Waals surface area contributed by atoms with E-state index in [0.717, 1.165) is 30.9 Å². The summed E-state index contributed by atoms with van der Waals surface area (Å²) in [5, 5.41) is 0. The van der Waals surface area contributed by atoms with Crippen LogP contribution in [0.5, 0.6) is 5.75 Å². The lowest BCUT2D eigenvalue weighted by Crippen LogP contribution is -2.51. The predicted molar refractivity (Wildman–Crippen MR) is 111 cm³/mol. The number of benzene rings is 2. The highest BCUT2D eigenvalue weighted by molar-refractivity contribution is 6.10. The van der Waals surface area contributed by atoms with E-state index < -0.39 is 0 Å². The van der Waals surface area contributed by atoms with Gasteiger partial charge in [-0.05, 0) is 18.2 Å². The molecule has 2 aromatic rings. The number of rotatable bonds is 6. The average Bonchev–Trinajstić information content (AvgIpc) is 3.00. The van der Waals surface area contributed by atoms with Gasteiger partial charge in [-0.2, -0.15) is 0 Å². The van der Waals surface area contributed by atoms with Gasteiger partial charge in [-0.25, -0.2) is 0 Å². The Kier molecular flexibility index (Phi) is 5.62. The van der Waals surface area contributed by atoms with Crippen molar-refractivity contribution in [3.63, 3.8) is 0 Å². The Labute approximate surface area is 171 Å². The second kappa shape index (κ2) is 8.49. The van der Waals surface area contributed by atoms with Crippen LogP contribution in [0.2, 0.25) is 0 Å². The Morgan fingerprint density at radius 3 is 2.28 bits per heavy atom. The molecule has 2 heterocycles. The first-order valence-corrected chi connectivity index (χ1v) is 9.91. The van der Waals surface area contributed by atoms with E-state index in [0.29, 0.717) is 31.0 Å². The molecule has 2 aromatic carbocycles. The van der Waals surface area contributed by atoms with Crippen molar-refractivity contribution in [2.45, 2.75) is 0 Å². The van der Waals surface area contributed by atoms with Gasteiger partial charge in [0.05, 0.1) is 0 Å². The molecule has 0 unspecified atom stereocenters. The molecule has 29 heavy (non-hydrogen) atoms. The van der Waals surface area contributed by atoms with E-state index >= 15 is 0 Å². The van der Waals surface area contributed by atoms with E-state index in [2.05, 4.69) is 11.5 Å². The van der Waals surface area contributed by atoms with Crippen molar-refractivity contribution in [2.24, 2.45) is 0 Å². The molecule has 0 atom stereocenters. The highest BCUT2D eigenvalue weighted by Crippen LogP contribution is 2.30. The lowest BCUT2D eigenvalue weighted by atomic mass is 10.1. The predicted octanol–water partition coefficient (Wildman–Crippen LogP) is 2.34. The van der Waals surface area contributed by atoms with E-state index in [4.69, 9.17) is 4.74 Å². The van der Waals surface area contributed by atoms with Crippen LogP contribution in [0.3, 0.4) is 0 Å². The first-order valence-electron chi connectivity index (χ1n) is 9.91. The number of amides is 2. The van der Waals surface area contributed by atoms with Crippen molar-refractivity contribution >= 4 is 17.5 Å². The lowest BCUT2D eigenvalue weighted by Gasteiger charge is -2.35. The average molecular weight is 391 g/mol. The van der Waals surface area contributed by atoms with Gasteiger partial charge < -0.3 is 9.64 Å². The van der Waals surface area contributed by atoms with Gasteiger partial charge in [-0.3, -0.25) is 19.4 Å². The fourth-order valence-electron chi connectivity index (χ4n) is 3.77. The van der Waals surface area contributed by atoms with Crippen molar-refractivity contribution in [3.8, 4) is 5.75 Å². The number of para-hydroxylation sites is 1. The van der Waals surface area contributed by atoms with Crippen LogP contribution in [-0.2, 0) is 4.79 Å². The maximum absolute atomic E-state index is 12.7. The van der Waals surface area contributed by atoms with E-state index in [1.807, 2.05) is 53.4 Å². The van der Waals surface area contributed by atoms with E-state index in [-0.39, 0.29) is 18.4 Å². The molecule has 0 aliphatic carbocycles. The van der Waals surface area contributed by atoms with Crippen LogP contribution in [0.1, 0.15) is 15.9 Å². The number of carbonyl (C=O) groups is 2. The zero-order valence-electron chi connectivity index (χ0n) is 16.4. The Hall–Kier alpha value is -3.12. The summed E-state index contributed by atoms with van der Waals surface area (Å²) in [5.41, 5.74) is 2.04. The standard InChI is InChI=1S/C23H25N3O3/c1-18-20-9-5-6-10-21(20)23(28)26(18)17-22(27)25-13-11-24(12-14-25)15-16-29-19-7-3-2-4-8-19/h2-10H,1,11-17H2. The summed E-state index contributed by atoms with van der Waals surface area (Å²) in [5.74, 6) is 0.695. The molecule has 4 rings (SSSR count). The monoisotopic (exact) mass is 391 g/mol. The van der Waals surface area contributed by atoms with Gasteiger partial charge in [0, 0.05) is 49.5 Å². The summed E-state index contributed by atoms with van der Waals surface area (Å²) < 4.78 is 5.75. The van der Waals surface area contributed by atoms with E-state index in [1.54, 1.807) is 6.07 Å². The molecule has 6 nitrogen and oxygen atoms in total. The summed E-state index contributed by atoms with van der Waals surface area (Å²) in [6, 6.07) is 17.1. The quantitative estimate of drug-likeness (QED) is 0.759. The van der Waals surface area contributed by atoms with Crippen LogP contribution in [0, 0.1) is 0 Å². The third-order valence-electron chi connectivity index (χ3n) is 5.48. The number of hydrogen-bond donors (Lipinski definition) is 0. The first-order chi connectivity index (χ1) is 14.1. The minimum Gasteiger partial charge on any atom is -0.492 e. The molecule has 0 aromatic heterocycles. The third-order valence-corrected chi connectivity index (χ3v) is 5.48. The van der Waals surface area contributed by atoms with Crippen LogP contribution < -0.4 is 4.74 Å². The maximum Gasteiger partial charge on any atom is 0.259 e. The number of carbonyl (C=O) groups excluding carboxylic acids is 2. The molecule has 0 bridgehead atoms. The summed E-state index contributed by atoms with van der Waals surface area (Å²) in [6.45, 7) is 8.43. The normalized spacial score (nSPS) is 16.8. The van der Waals surface area contributed by atoms with Gasteiger partial charge in [0.15, 0.2) is 0 Å². The molecule has 1 saturated heterocycles. The third kappa shape index (κ3) is 4.17. The highest BCUT2D eigenvalue weighted by atomic mass is 16.5. The molecule has 2 aliphatic rings. The molecule has 2 aliphatic heterocycles. The Bertz CT molecular complexity index is 870. The van der Waals surface area contributed by atoms with Crippen molar-refractivity contribution < 1.29 is 14.3 Å². The minimum absolute atomic E-state index is 0.0347. The SMILES string of the molecule is C=C1c2ccccc2C(=O)N1CC(=O)N1CCN(CCOc2ccccc2)CC1. The molecule has 0 radical (unpaired) electrons. The number of ether oxygens (including phenoxy) is 1. The Morgan fingerprint density at radius 1 is 0.931 bits per heavy atom. The summed E-state index contributed by atoms with van der Waals surface area (Å²) in [7, 11) is 0. The number of nitrogens with zero attached hydrogens (tertiary/aromatic N) is 3. The van der Waals surface area contributed by atoms with Crippen molar-refractivity contribution in [1.29, 1.82) is 0 Å². The summed E-state index contributed by atoms with van der Waals surface area (Å²) >= 11 is 0. The van der Waals surface area contributed by atoms with Crippen LogP contribution in [0.4, 0.5) is 0 Å². The van der Waals surface area contributed by atoms with E-state index in [1.165, 1.54) is 4.90 Å². The first kappa shape index (κ1) is 19.2. The number of fused-ring (bicyclic) bond motifs is 1. The van der Waals surface area contributed by atoms with Gasteiger partial charge in [-0.1, -0.05) is 43.0 Å². The van der Waals surface area contributed by atoms with Crippen LogP contribution in [-0.4, -0.2) is 72.4 Å². The van der Waals surface area contributed by atoms with Crippen molar-refractivity contribution in [3.05, 3.63) is 72.3 Å². The molecular formula is C23H25N3O3. The Balaban J connectivity index is 1.23. The maximum atomic E-state index is 12.7. The van der Waals surface area contributed by atoms with Gasteiger partial charge in [0.25, 0.3) is 5.91 Å². The number of hydrogen-bond acceptors (Lipinski definition) is 4. The molecule has 150 valence electrons. The fourth-order valence-corrected chi connectivity index (χ4v) is 3.77. The molecule has 2 amide bonds. The fraction of sp³-hybridized carbons (Fsp3) is 0.304. The van der Waals surface area contributed by atoms with Crippen LogP contribution in [0.25, 0.3) is 5.70 Å². The molecule has 0 saturated carbocycles. The second-order valence-corrected chi connectivity index (χ2v) is 7.27. The highest BCUT2D eigenvalue weighted by Gasteiger charge is 2.33. The second-order valence-electron chi connectivity index (χ2n) is 7.27. The minimum atomic E-state index is -0.143. The van der Waals surface area contributed by atoms with Crippen molar-refractivity contribution in [2.75, 3.05) is 45.9 Å². The smallest absolute Gasteiger partial charge is 0.259 e. The molecule has 0 N–H and O–H groups in total. The molecule has 0 spiro atoms. The van der Waals surface area contributed by atoms with E-state index in [9.17, 15) is 9.59 Å².